The van der Waals surface area contributed by atoms with Gasteiger partial charge in [-0.2, -0.15) is 0 Å². The molecule has 7 heteroatoms. The molecule has 3 aromatic carbocycles. The molecular weight excluding hydrogens is 452 g/mol. The monoisotopic (exact) mass is 467 g/mol. The predicted octanol–water partition coefficient (Wildman–Crippen LogP) is 6.58. The quantitative estimate of drug-likeness (QED) is 0.425. The smallest absolute Gasteiger partial charge is 0.162 e. The van der Waals surface area contributed by atoms with E-state index in [1.54, 1.807) is 30.3 Å². The van der Waals surface area contributed by atoms with Gasteiger partial charge in [0.15, 0.2) is 11.5 Å². The summed E-state index contributed by atoms with van der Waals surface area (Å²) in [5, 5.41) is 3.52. The summed E-state index contributed by atoms with van der Waals surface area (Å²) in [6.07, 6.45) is 0. The van der Waals surface area contributed by atoms with Crippen molar-refractivity contribution < 1.29 is 18.3 Å². The molecule has 0 heterocycles. The Balaban J connectivity index is 1.74. The first-order valence-corrected chi connectivity index (χ1v) is 9.56. The van der Waals surface area contributed by atoms with Crippen LogP contribution in [0.4, 0.5) is 14.5 Å². The van der Waals surface area contributed by atoms with Gasteiger partial charge in [0.1, 0.15) is 18.2 Å². The van der Waals surface area contributed by atoms with E-state index >= 15 is 0 Å². The Morgan fingerprint density at radius 2 is 1.79 bits per heavy atom. The van der Waals surface area contributed by atoms with E-state index in [9.17, 15) is 8.78 Å². The first kappa shape index (κ1) is 20.4. The van der Waals surface area contributed by atoms with E-state index in [0.717, 1.165) is 15.7 Å². The molecule has 3 nitrogen and oxygen atoms in total. The zero-order valence-corrected chi connectivity index (χ0v) is 17.3. The molecule has 0 spiro atoms. The van der Waals surface area contributed by atoms with E-state index in [1.807, 2.05) is 6.07 Å². The van der Waals surface area contributed by atoms with Crippen LogP contribution in [0.3, 0.4) is 0 Å². The zero-order chi connectivity index (χ0) is 20.1. The van der Waals surface area contributed by atoms with Gasteiger partial charge in [-0.05, 0) is 54.1 Å². The minimum atomic E-state index is -0.425. The number of methoxy groups -OCH3 is 1. The third-order valence-electron chi connectivity index (χ3n) is 4.09. The van der Waals surface area contributed by atoms with E-state index in [2.05, 4.69) is 21.2 Å². The van der Waals surface area contributed by atoms with E-state index in [1.165, 1.54) is 25.3 Å². The van der Waals surface area contributed by atoms with Crippen molar-refractivity contribution in [2.45, 2.75) is 13.2 Å². The van der Waals surface area contributed by atoms with Crippen LogP contribution in [-0.4, -0.2) is 7.11 Å². The highest BCUT2D eigenvalue weighted by Crippen LogP contribution is 2.35. The minimum Gasteiger partial charge on any atom is -0.493 e. The summed E-state index contributed by atoms with van der Waals surface area (Å²) in [7, 11) is 1.53. The Morgan fingerprint density at radius 3 is 2.46 bits per heavy atom. The summed E-state index contributed by atoms with van der Waals surface area (Å²) in [5.74, 6) is 0.251. The van der Waals surface area contributed by atoms with Crippen LogP contribution in [0.5, 0.6) is 11.5 Å². The highest BCUT2D eigenvalue weighted by molar-refractivity contribution is 9.10. The van der Waals surface area contributed by atoms with Gasteiger partial charge in [-0.1, -0.05) is 33.6 Å². The first-order chi connectivity index (χ1) is 13.5. The number of ether oxygens (including phenoxy) is 2. The molecule has 0 aliphatic heterocycles. The molecule has 3 rings (SSSR count). The largest absolute Gasteiger partial charge is 0.493 e. The lowest BCUT2D eigenvalue weighted by molar-refractivity contribution is 0.279. The number of hydrogen-bond donors (Lipinski definition) is 1. The molecule has 0 amide bonds. The van der Waals surface area contributed by atoms with Crippen molar-refractivity contribution in [3.05, 3.63) is 86.9 Å². The Bertz CT molecular complexity index is 947. The van der Waals surface area contributed by atoms with Crippen molar-refractivity contribution in [1.82, 2.24) is 0 Å². The highest BCUT2D eigenvalue weighted by Gasteiger charge is 2.13. The van der Waals surface area contributed by atoms with Crippen LogP contribution >= 0.6 is 27.5 Å². The Hall–Kier alpha value is -2.31. The average Bonchev–Trinajstić information content (AvgIpc) is 2.68. The van der Waals surface area contributed by atoms with Crippen LogP contribution in [0.15, 0.2) is 59.1 Å². The molecule has 0 saturated heterocycles. The van der Waals surface area contributed by atoms with Gasteiger partial charge < -0.3 is 14.8 Å². The SMILES string of the molecule is COc1cc(CNc2ccc(F)cc2)c(Br)cc1OCc1c(F)cccc1Cl. The Labute approximate surface area is 175 Å². The van der Waals surface area contributed by atoms with E-state index in [-0.39, 0.29) is 18.0 Å². The lowest BCUT2D eigenvalue weighted by atomic mass is 10.2. The summed E-state index contributed by atoms with van der Waals surface area (Å²) in [6, 6.07) is 14.2. The molecule has 1 N–H and O–H groups in total. The summed E-state index contributed by atoms with van der Waals surface area (Å²) < 4.78 is 38.9. The van der Waals surface area contributed by atoms with E-state index in [4.69, 9.17) is 21.1 Å². The Morgan fingerprint density at radius 1 is 1.04 bits per heavy atom. The molecular formula is C21H17BrClF2NO2. The van der Waals surface area contributed by atoms with Gasteiger partial charge in [0.2, 0.25) is 0 Å². The average molecular weight is 469 g/mol. The van der Waals surface area contributed by atoms with Gasteiger partial charge in [0.05, 0.1) is 12.1 Å². The van der Waals surface area contributed by atoms with Crippen LogP contribution in [0.25, 0.3) is 0 Å². The normalized spacial score (nSPS) is 10.6. The van der Waals surface area contributed by atoms with E-state index < -0.39 is 5.82 Å². The van der Waals surface area contributed by atoms with Gasteiger partial charge in [0, 0.05) is 22.3 Å². The lowest BCUT2D eigenvalue weighted by Crippen LogP contribution is -2.04. The molecule has 0 fully saturated rings. The fourth-order valence-corrected chi connectivity index (χ4v) is 3.25. The molecule has 0 saturated carbocycles. The van der Waals surface area contributed by atoms with Crippen LogP contribution in [0.2, 0.25) is 5.02 Å². The number of rotatable bonds is 7. The highest BCUT2D eigenvalue weighted by atomic mass is 79.9. The van der Waals surface area contributed by atoms with Crippen molar-refractivity contribution >= 4 is 33.2 Å². The summed E-state index contributed by atoms with van der Waals surface area (Å²) in [6.45, 7) is 0.462. The Kier molecular flexibility index (Phi) is 6.75. The molecule has 0 bridgehead atoms. The third kappa shape index (κ3) is 4.94. The summed E-state index contributed by atoms with van der Waals surface area (Å²) in [5.41, 5.74) is 1.99. The van der Waals surface area contributed by atoms with Gasteiger partial charge in [0.25, 0.3) is 0 Å². The van der Waals surface area contributed by atoms with Crippen molar-refractivity contribution in [1.29, 1.82) is 0 Å². The molecule has 0 radical (unpaired) electrons. The second-order valence-corrected chi connectivity index (χ2v) is 7.21. The molecule has 146 valence electrons. The number of halogens is 4. The van der Waals surface area contributed by atoms with Gasteiger partial charge in [-0.25, -0.2) is 8.78 Å². The summed E-state index contributed by atoms with van der Waals surface area (Å²) >= 11 is 9.56. The number of anilines is 1. The maximum Gasteiger partial charge on any atom is 0.162 e. The van der Waals surface area contributed by atoms with Crippen LogP contribution in [-0.2, 0) is 13.2 Å². The van der Waals surface area contributed by atoms with Crippen molar-refractivity contribution in [2.75, 3.05) is 12.4 Å². The topological polar surface area (TPSA) is 30.5 Å². The standard InChI is InChI=1S/C21H17BrClF2NO2/c1-27-20-9-13(11-26-15-7-5-14(24)6-8-15)17(22)10-21(20)28-12-16-18(23)3-2-4-19(16)25/h2-10,26H,11-12H2,1H3. The summed E-state index contributed by atoms with van der Waals surface area (Å²) in [4.78, 5) is 0. The minimum absolute atomic E-state index is 0.0263. The molecule has 3 aromatic rings. The van der Waals surface area contributed by atoms with Crippen LogP contribution < -0.4 is 14.8 Å². The predicted molar refractivity (Wildman–Crippen MR) is 110 cm³/mol. The van der Waals surface area contributed by atoms with Gasteiger partial charge >= 0.3 is 0 Å². The first-order valence-electron chi connectivity index (χ1n) is 8.39. The fraction of sp³-hybridized carbons (Fsp3) is 0.143. The molecule has 0 aromatic heterocycles. The molecule has 28 heavy (non-hydrogen) atoms. The lowest BCUT2D eigenvalue weighted by Gasteiger charge is -2.15. The van der Waals surface area contributed by atoms with Crippen LogP contribution in [0.1, 0.15) is 11.1 Å². The maximum absolute atomic E-state index is 13.9. The number of benzene rings is 3. The number of nitrogens with one attached hydrogen (secondary N) is 1. The molecule has 0 aliphatic rings. The zero-order valence-electron chi connectivity index (χ0n) is 14.9. The van der Waals surface area contributed by atoms with Crippen LogP contribution in [0, 0.1) is 11.6 Å². The van der Waals surface area contributed by atoms with Gasteiger partial charge in [-0.3, -0.25) is 0 Å². The second kappa shape index (κ2) is 9.26. The molecule has 0 atom stereocenters. The maximum atomic E-state index is 13.9. The third-order valence-corrected chi connectivity index (χ3v) is 5.19. The van der Waals surface area contributed by atoms with Crippen molar-refractivity contribution in [3.63, 3.8) is 0 Å². The fourth-order valence-electron chi connectivity index (χ4n) is 2.57. The van der Waals surface area contributed by atoms with Gasteiger partial charge in [-0.15, -0.1) is 0 Å². The van der Waals surface area contributed by atoms with Crippen molar-refractivity contribution in [2.24, 2.45) is 0 Å². The van der Waals surface area contributed by atoms with E-state index in [0.29, 0.717) is 23.1 Å². The molecule has 0 unspecified atom stereocenters. The number of hydrogen-bond acceptors (Lipinski definition) is 3. The second-order valence-electron chi connectivity index (χ2n) is 5.94. The van der Waals surface area contributed by atoms with Crippen molar-refractivity contribution in [3.8, 4) is 11.5 Å². The molecule has 0 aliphatic carbocycles.